The third kappa shape index (κ3) is 4.54. The largest absolute Gasteiger partial charge is 1.00 e. The minimum atomic E-state index is -1.07. The standard InChI is InChI=1S/C28H27N3O5.Na/c1-3-26-30-21-10-8-18(34-2)13-24(21)31(26)23-6-4-5-20-22(15-36-28(20)23)29-17-7-9-19-16(11-27(32)33)14-35-25(19)12-17;/h4-10,12-13,16,22,29H,3,11,14-15H2,1-2H3,(H,32,33);/q;+1/p-1/t16-,22-;/m1./s1. The Morgan fingerprint density at radius 1 is 1.14 bits per heavy atom. The molecule has 2 atom stereocenters. The van der Waals surface area contributed by atoms with Gasteiger partial charge in [0.15, 0.2) is 0 Å². The summed E-state index contributed by atoms with van der Waals surface area (Å²) in [6.07, 6.45) is 0.733. The molecule has 3 aromatic carbocycles. The van der Waals surface area contributed by atoms with Crippen LogP contribution in [0.4, 0.5) is 5.69 Å². The summed E-state index contributed by atoms with van der Waals surface area (Å²) in [4.78, 5) is 15.9. The van der Waals surface area contributed by atoms with Crippen LogP contribution in [0, 0.1) is 0 Å². The summed E-state index contributed by atoms with van der Waals surface area (Å²) < 4.78 is 19.6. The number of carboxylic acids is 1. The number of nitrogens with zero attached hydrogens (tertiary/aromatic N) is 2. The van der Waals surface area contributed by atoms with Gasteiger partial charge in [-0.05, 0) is 30.7 Å². The van der Waals surface area contributed by atoms with E-state index in [0.29, 0.717) is 19.0 Å². The van der Waals surface area contributed by atoms with Gasteiger partial charge >= 0.3 is 29.6 Å². The topological polar surface area (TPSA) is 97.7 Å². The molecule has 9 heteroatoms. The zero-order valence-electron chi connectivity index (χ0n) is 21.1. The van der Waals surface area contributed by atoms with Gasteiger partial charge in [0.05, 0.1) is 36.5 Å². The Kier molecular flexibility index (Phi) is 7.07. The molecule has 0 saturated carbocycles. The van der Waals surface area contributed by atoms with Crippen molar-refractivity contribution < 1.29 is 53.7 Å². The van der Waals surface area contributed by atoms with Gasteiger partial charge < -0.3 is 29.4 Å². The number of hydrogen-bond acceptors (Lipinski definition) is 7. The molecule has 0 amide bonds. The van der Waals surface area contributed by atoms with E-state index in [1.807, 2.05) is 42.5 Å². The van der Waals surface area contributed by atoms with Gasteiger partial charge in [0, 0.05) is 47.3 Å². The molecule has 0 unspecified atom stereocenters. The maximum Gasteiger partial charge on any atom is 1.00 e. The monoisotopic (exact) mass is 507 g/mol. The second kappa shape index (κ2) is 10.3. The maximum atomic E-state index is 11.0. The van der Waals surface area contributed by atoms with Crippen LogP contribution < -0.4 is 54.2 Å². The molecule has 0 radical (unpaired) electrons. The fraction of sp³-hybridized carbons (Fsp3) is 0.286. The number of aromatic nitrogens is 2. The first-order chi connectivity index (χ1) is 17.6. The molecule has 6 rings (SSSR count). The Morgan fingerprint density at radius 3 is 2.78 bits per heavy atom. The molecule has 1 aromatic heterocycles. The fourth-order valence-electron chi connectivity index (χ4n) is 5.20. The van der Waals surface area contributed by atoms with E-state index >= 15 is 0 Å². The minimum absolute atomic E-state index is 0. The maximum absolute atomic E-state index is 11.0. The number of fused-ring (bicyclic) bond motifs is 3. The van der Waals surface area contributed by atoms with E-state index in [9.17, 15) is 9.90 Å². The number of rotatable bonds is 7. The van der Waals surface area contributed by atoms with Crippen LogP contribution in [0.1, 0.15) is 42.3 Å². The first kappa shape index (κ1) is 25.4. The number of nitrogens with one attached hydrogen (secondary N) is 1. The Morgan fingerprint density at radius 2 is 2.00 bits per heavy atom. The third-order valence-corrected chi connectivity index (χ3v) is 6.93. The number of para-hydroxylation sites is 1. The van der Waals surface area contributed by atoms with Crippen LogP contribution in [-0.2, 0) is 11.2 Å². The molecule has 0 bridgehead atoms. The molecule has 2 aliphatic rings. The third-order valence-electron chi connectivity index (χ3n) is 6.93. The van der Waals surface area contributed by atoms with Crippen molar-refractivity contribution in [2.75, 3.05) is 25.6 Å². The number of ether oxygens (including phenoxy) is 3. The summed E-state index contributed by atoms with van der Waals surface area (Å²) in [7, 11) is 1.66. The number of carboxylic acid groups (broad SMARTS) is 1. The first-order valence-electron chi connectivity index (χ1n) is 12.1. The summed E-state index contributed by atoms with van der Waals surface area (Å²) in [5.74, 6) is 2.04. The molecule has 2 aliphatic heterocycles. The molecular weight excluding hydrogens is 481 g/mol. The second-order valence-electron chi connectivity index (χ2n) is 9.11. The molecule has 4 aromatic rings. The van der Waals surface area contributed by atoms with Crippen LogP contribution in [-0.4, -0.2) is 35.8 Å². The van der Waals surface area contributed by atoms with E-state index in [1.165, 1.54) is 0 Å². The first-order valence-corrected chi connectivity index (χ1v) is 12.1. The van der Waals surface area contributed by atoms with E-state index in [1.54, 1.807) is 7.11 Å². The Balaban J connectivity index is 0.00000280. The number of hydrogen-bond donors (Lipinski definition) is 1. The average molecular weight is 508 g/mol. The molecule has 8 nitrogen and oxygen atoms in total. The van der Waals surface area contributed by atoms with Gasteiger partial charge in [-0.1, -0.05) is 25.1 Å². The number of benzene rings is 3. The van der Waals surface area contributed by atoms with Crippen LogP contribution in [0.5, 0.6) is 17.2 Å². The number of imidazole rings is 1. The molecule has 1 N–H and O–H groups in total. The molecule has 0 fully saturated rings. The van der Waals surface area contributed by atoms with Gasteiger partial charge in [-0.3, -0.25) is 4.57 Å². The number of carbonyl (C=O) groups is 1. The molecule has 0 aliphatic carbocycles. The zero-order valence-corrected chi connectivity index (χ0v) is 23.1. The molecule has 0 saturated heterocycles. The van der Waals surface area contributed by atoms with E-state index in [4.69, 9.17) is 19.2 Å². The van der Waals surface area contributed by atoms with Crippen LogP contribution in [0.15, 0.2) is 54.6 Å². The van der Waals surface area contributed by atoms with Crippen LogP contribution in [0.2, 0.25) is 0 Å². The second-order valence-corrected chi connectivity index (χ2v) is 9.11. The number of carbonyl (C=O) groups excluding carboxylic acids is 1. The number of aliphatic carboxylic acids is 1. The van der Waals surface area contributed by atoms with Gasteiger partial charge in [-0.15, -0.1) is 0 Å². The predicted octanol–water partition coefficient (Wildman–Crippen LogP) is 0.762. The van der Waals surface area contributed by atoms with Gasteiger partial charge in [0.2, 0.25) is 0 Å². The smallest absolute Gasteiger partial charge is 0.550 e. The molecular formula is C28H26N3NaO5. The van der Waals surface area contributed by atoms with Crippen LogP contribution in [0.3, 0.4) is 0 Å². The summed E-state index contributed by atoms with van der Waals surface area (Å²) in [5.41, 5.74) is 5.70. The van der Waals surface area contributed by atoms with Crippen molar-refractivity contribution in [2.45, 2.75) is 31.7 Å². The molecule has 184 valence electrons. The average Bonchev–Trinajstić information content (AvgIpc) is 3.58. The predicted molar refractivity (Wildman–Crippen MR) is 133 cm³/mol. The minimum Gasteiger partial charge on any atom is -0.550 e. The number of anilines is 1. The van der Waals surface area contributed by atoms with Crippen LogP contribution in [0.25, 0.3) is 16.7 Å². The Hall–Kier alpha value is -3.20. The molecule has 3 heterocycles. The van der Waals surface area contributed by atoms with Crippen molar-refractivity contribution in [1.29, 1.82) is 0 Å². The van der Waals surface area contributed by atoms with Crippen LogP contribution >= 0.6 is 0 Å². The zero-order chi connectivity index (χ0) is 24.8. The fourth-order valence-corrected chi connectivity index (χ4v) is 5.20. The van der Waals surface area contributed by atoms with Crippen molar-refractivity contribution in [2.24, 2.45) is 0 Å². The number of methoxy groups -OCH3 is 1. The molecule has 0 spiro atoms. The van der Waals surface area contributed by atoms with Gasteiger partial charge in [-0.25, -0.2) is 4.98 Å². The van der Waals surface area contributed by atoms with Crippen molar-refractivity contribution in [3.63, 3.8) is 0 Å². The van der Waals surface area contributed by atoms with Gasteiger partial charge in [-0.2, -0.15) is 0 Å². The Labute approximate surface area is 236 Å². The SMILES string of the molecule is CCc1nc2ccc(OC)cc2n1-c1cccc2c1OC[C@H]2Nc1ccc2c(c1)OC[C@H]2CC(=O)[O-].[Na+]. The van der Waals surface area contributed by atoms with E-state index in [-0.39, 0.29) is 47.9 Å². The number of aryl methyl sites for hydroxylation is 1. The van der Waals surface area contributed by atoms with Crippen molar-refractivity contribution in [3.8, 4) is 22.9 Å². The van der Waals surface area contributed by atoms with Crippen molar-refractivity contribution in [3.05, 3.63) is 71.5 Å². The summed E-state index contributed by atoms with van der Waals surface area (Å²) in [6.45, 7) is 2.93. The van der Waals surface area contributed by atoms with Gasteiger partial charge in [0.25, 0.3) is 0 Å². The van der Waals surface area contributed by atoms with E-state index in [0.717, 1.165) is 57.3 Å². The van der Waals surface area contributed by atoms with E-state index in [2.05, 4.69) is 28.9 Å². The van der Waals surface area contributed by atoms with Crippen molar-refractivity contribution in [1.82, 2.24) is 9.55 Å². The quantitative estimate of drug-likeness (QED) is 0.369. The molecule has 37 heavy (non-hydrogen) atoms. The van der Waals surface area contributed by atoms with Gasteiger partial charge in [0.1, 0.15) is 29.7 Å². The van der Waals surface area contributed by atoms with Crippen molar-refractivity contribution >= 4 is 22.7 Å². The normalized spacial score (nSPS) is 17.4. The Bertz CT molecular complexity index is 1480. The van der Waals surface area contributed by atoms with E-state index < -0.39 is 5.97 Å². The summed E-state index contributed by atoms with van der Waals surface area (Å²) in [6, 6.07) is 17.9. The summed E-state index contributed by atoms with van der Waals surface area (Å²) >= 11 is 0. The summed E-state index contributed by atoms with van der Waals surface area (Å²) in [5, 5.41) is 14.6.